The van der Waals surface area contributed by atoms with Crippen molar-refractivity contribution in [2.75, 3.05) is 13.1 Å². The van der Waals surface area contributed by atoms with E-state index in [0.29, 0.717) is 17.4 Å². The molecule has 5 rings (SSSR count). The van der Waals surface area contributed by atoms with Crippen LogP contribution < -0.4 is 0 Å². The zero-order valence-corrected chi connectivity index (χ0v) is 22.6. The first-order valence-electron chi connectivity index (χ1n) is 13.8. The fourth-order valence-electron chi connectivity index (χ4n) is 6.33. The number of aliphatic imine (C=N–C) groups is 1. The Bertz CT molecular complexity index is 1280. The molecule has 1 unspecified atom stereocenters. The highest BCUT2D eigenvalue weighted by Crippen LogP contribution is 2.64. The lowest BCUT2D eigenvalue weighted by Crippen LogP contribution is -2.43. The summed E-state index contributed by atoms with van der Waals surface area (Å²) in [6, 6.07) is 17.0. The molecule has 0 N–H and O–H groups in total. The molecule has 2 aromatic rings. The number of hydrogen-bond donors (Lipinski definition) is 0. The second-order valence-electron chi connectivity index (χ2n) is 11.4. The molecule has 2 fully saturated rings. The standard InChI is InChI=1S/C34H40N2O/c1-6-20-36(26(4)34(35-5)18-19-34)21-16-25(3)32(37)28-13-11-27(12-14-28)30-23-33(17-15-31(30)33)22-29-10-8-7-9-24(29)2/h7-14H,3-6,15-23H2,1-2H3. The number of nitrogens with zero attached hydrogens (tertiary/aromatic N) is 2. The summed E-state index contributed by atoms with van der Waals surface area (Å²) in [4.78, 5) is 19.8. The van der Waals surface area contributed by atoms with Gasteiger partial charge in [0.1, 0.15) is 0 Å². The third-order valence-corrected chi connectivity index (χ3v) is 9.10. The Balaban J connectivity index is 1.20. The summed E-state index contributed by atoms with van der Waals surface area (Å²) in [7, 11) is 0. The summed E-state index contributed by atoms with van der Waals surface area (Å²) >= 11 is 0. The van der Waals surface area contributed by atoms with Gasteiger partial charge in [0.2, 0.25) is 0 Å². The molecular formula is C34H40N2O. The minimum atomic E-state index is -0.175. The van der Waals surface area contributed by atoms with Gasteiger partial charge in [0.05, 0.1) is 5.54 Å². The van der Waals surface area contributed by atoms with Crippen molar-refractivity contribution in [2.24, 2.45) is 10.4 Å². The lowest BCUT2D eigenvalue weighted by Gasteiger charge is -2.55. The van der Waals surface area contributed by atoms with E-state index in [-0.39, 0.29) is 11.3 Å². The second kappa shape index (κ2) is 9.93. The van der Waals surface area contributed by atoms with Gasteiger partial charge in [0.15, 0.2) is 5.78 Å². The minimum absolute atomic E-state index is 0.0420. The van der Waals surface area contributed by atoms with Crippen LogP contribution in [0.2, 0.25) is 0 Å². The van der Waals surface area contributed by atoms with Crippen molar-refractivity contribution in [1.29, 1.82) is 0 Å². The third-order valence-electron chi connectivity index (χ3n) is 9.10. The van der Waals surface area contributed by atoms with Crippen molar-refractivity contribution in [2.45, 2.75) is 70.8 Å². The first kappa shape index (κ1) is 25.4. The number of rotatable bonds is 13. The van der Waals surface area contributed by atoms with E-state index < -0.39 is 0 Å². The fraction of sp³-hybridized carbons (Fsp3) is 0.412. The van der Waals surface area contributed by atoms with Crippen LogP contribution in [0, 0.1) is 12.3 Å². The number of allylic oxidation sites excluding steroid dienone is 2. The topological polar surface area (TPSA) is 32.7 Å². The summed E-state index contributed by atoms with van der Waals surface area (Å²) in [6.45, 7) is 18.3. The van der Waals surface area contributed by atoms with E-state index >= 15 is 0 Å². The van der Waals surface area contributed by atoms with E-state index in [1.807, 2.05) is 12.1 Å². The van der Waals surface area contributed by atoms with E-state index in [4.69, 9.17) is 0 Å². The maximum absolute atomic E-state index is 13.1. The molecule has 3 aliphatic carbocycles. The van der Waals surface area contributed by atoms with Gasteiger partial charge in [0, 0.05) is 29.8 Å². The number of aryl methyl sites for hydroxylation is 1. The Hall–Kier alpha value is -3.20. The van der Waals surface area contributed by atoms with Crippen LogP contribution in [0.4, 0.5) is 0 Å². The first-order valence-corrected chi connectivity index (χ1v) is 13.8. The first-order chi connectivity index (χ1) is 17.8. The highest BCUT2D eigenvalue weighted by molar-refractivity contribution is 6.08. The van der Waals surface area contributed by atoms with Crippen molar-refractivity contribution < 1.29 is 4.79 Å². The molecule has 0 saturated heterocycles. The van der Waals surface area contributed by atoms with Gasteiger partial charge in [-0.05, 0) is 92.8 Å². The molecule has 0 bridgehead atoms. The number of carbonyl (C=O) groups excluding carboxylic acids is 1. The maximum atomic E-state index is 13.1. The Morgan fingerprint density at radius 1 is 1.03 bits per heavy atom. The zero-order valence-electron chi connectivity index (χ0n) is 22.6. The van der Waals surface area contributed by atoms with Gasteiger partial charge in [-0.1, -0.05) is 74.2 Å². The molecule has 0 aliphatic heterocycles. The third kappa shape index (κ3) is 4.65. The molecule has 37 heavy (non-hydrogen) atoms. The quantitative estimate of drug-likeness (QED) is 0.163. The normalized spacial score (nSPS) is 20.8. The van der Waals surface area contributed by atoms with Crippen LogP contribution in [0.5, 0.6) is 0 Å². The van der Waals surface area contributed by atoms with Crippen molar-refractivity contribution in [3.8, 4) is 0 Å². The molecule has 192 valence electrons. The number of fused-ring (bicyclic) bond motifs is 1. The van der Waals surface area contributed by atoms with Gasteiger partial charge in [0.25, 0.3) is 0 Å². The van der Waals surface area contributed by atoms with Gasteiger partial charge in [-0.25, -0.2) is 0 Å². The predicted molar refractivity (Wildman–Crippen MR) is 155 cm³/mol. The summed E-state index contributed by atoms with van der Waals surface area (Å²) in [5.41, 5.74) is 9.90. The average molecular weight is 493 g/mol. The minimum Gasteiger partial charge on any atom is -0.373 e. The Morgan fingerprint density at radius 2 is 1.76 bits per heavy atom. The van der Waals surface area contributed by atoms with E-state index in [1.54, 1.807) is 5.57 Å². The summed E-state index contributed by atoms with van der Waals surface area (Å²) in [6.07, 6.45) is 8.50. The van der Waals surface area contributed by atoms with E-state index in [0.717, 1.165) is 56.5 Å². The number of Topliss-reactive ketones (excluding diaryl/α,β-unsaturated/α-hetero) is 1. The van der Waals surface area contributed by atoms with E-state index in [9.17, 15) is 4.79 Å². The lowest BCUT2D eigenvalue weighted by atomic mass is 9.49. The largest absolute Gasteiger partial charge is 0.373 e. The number of benzene rings is 2. The monoisotopic (exact) mass is 492 g/mol. The maximum Gasteiger partial charge on any atom is 0.188 e. The van der Waals surface area contributed by atoms with E-state index in [1.165, 1.54) is 35.1 Å². The smallest absolute Gasteiger partial charge is 0.188 e. The average Bonchev–Trinajstić information content (AvgIpc) is 3.71. The number of carbonyl (C=O) groups is 1. The van der Waals surface area contributed by atoms with Crippen molar-refractivity contribution in [3.63, 3.8) is 0 Å². The van der Waals surface area contributed by atoms with Crippen LogP contribution in [-0.4, -0.2) is 36.0 Å². The molecule has 3 aliphatic rings. The lowest BCUT2D eigenvalue weighted by molar-refractivity contribution is 0.102. The fourth-order valence-corrected chi connectivity index (χ4v) is 6.33. The molecule has 0 spiro atoms. The second-order valence-corrected chi connectivity index (χ2v) is 11.4. The highest BCUT2D eigenvalue weighted by atomic mass is 16.1. The molecule has 0 amide bonds. The summed E-state index contributed by atoms with van der Waals surface area (Å²) in [5, 5.41) is 0. The van der Waals surface area contributed by atoms with Crippen molar-refractivity contribution in [1.82, 2.24) is 4.90 Å². The molecule has 3 heteroatoms. The van der Waals surface area contributed by atoms with E-state index in [2.05, 4.69) is 80.0 Å². The van der Waals surface area contributed by atoms with Crippen LogP contribution in [0.15, 0.2) is 83.5 Å². The summed E-state index contributed by atoms with van der Waals surface area (Å²) < 4.78 is 0. The Morgan fingerprint density at radius 3 is 2.32 bits per heavy atom. The van der Waals surface area contributed by atoms with Gasteiger partial charge in [-0.2, -0.15) is 0 Å². The molecule has 0 heterocycles. The zero-order chi connectivity index (χ0) is 26.2. The van der Waals surface area contributed by atoms with Crippen molar-refractivity contribution >= 4 is 18.1 Å². The van der Waals surface area contributed by atoms with Gasteiger partial charge < -0.3 is 4.90 Å². The van der Waals surface area contributed by atoms with Crippen LogP contribution in [0.1, 0.15) is 78.9 Å². The Kier molecular flexibility index (Phi) is 6.83. The molecule has 3 nitrogen and oxygen atoms in total. The molecule has 2 aromatic carbocycles. The molecule has 2 saturated carbocycles. The highest BCUT2D eigenvalue weighted by Gasteiger charge is 2.51. The van der Waals surface area contributed by atoms with Gasteiger partial charge in [-0.3, -0.25) is 9.79 Å². The van der Waals surface area contributed by atoms with Gasteiger partial charge in [-0.15, -0.1) is 0 Å². The van der Waals surface area contributed by atoms with Crippen molar-refractivity contribution in [3.05, 3.63) is 101 Å². The summed E-state index contributed by atoms with van der Waals surface area (Å²) in [5.74, 6) is 0.0420. The molecule has 0 aromatic heterocycles. The van der Waals surface area contributed by atoms with Crippen LogP contribution in [-0.2, 0) is 6.42 Å². The van der Waals surface area contributed by atoms with Crippen LogP contribution >= 0.6 is 0 Å². The van der Waals surface area contributed by atoms with Crippen LogP contribution in [0.25, 0.3) is 5.57 Å². The molecule has 0 radical (unpaired) electrons. The van der Waals surface area contributed by atoms with Crippen LogP contribution in [0.3, 0.4) is 0 Å². The molecular weight excluding hydrogens is 452 g/mol. The Labute approximate surface area is 222 Å². The number of ketones is 1. The molecule has 1 atom stereocenters. The SMILES string of the molecule is C=NC1(C(=C)N(CCC)CCC(=C)C(=O)c2ccc(C3=C4CCC4(Cc4ccccc4C)C3)cc2)CC1. The van der Waals surface area contributed by atoms with Gasteiger partial charge >= 0.3 is 0 Å². The predicted octanol–water partition coefficient (Wildman–Crippen LogP) is 7.76. The number of hydrogen-bond acceptors (Lipinski definition) is 3.